The molecule has 0 fully saturated rings. The normalized spacial score (nSPS) is 13.9. The van der Waals surface area contributed by atoms with Crippen LogP contribution in [0.4, 0.5) is 5.69 Å². The van der Waals surface area contributed by atoms with Gasteiger partial charge in [-0.25, -0.2) is 0 Å². The van der Waals surface area contributed by atoms with Crippen LogP contribution in [0, 0.1) is 11.8 Å². The third-order valence-corrected chi connectivity index (χ3v) is 6.47. The van der Waals surface area contributed by atoms with Crippen molar-refractivity contribution < 1.29 is 4.74 Å². The number of aryl methyl sites for hydroxylation is 1. The lowest BCUT2D eigenvalue weighted by Gasteiger charge is -2.25. The number of nitrogens with one attached hydrogen (secondary N) is 1. The van der Waals surface area contributed by atoms with Crippen LogP contribution in [0.5, 0.6) is 5.75 Å². The van der Waals surface area contributed by atoms with E-state index in [9.17, 15) is 0 Å². The second-order valence-electron chi connectivity index (χ2n) is 9.99. The molecule has 2 aromatic rings. The molecule has 0 atom stereocenters. The number of aromatic nitrogens is 1. The Balaban J connectivity index is 1.68. The average molecular weight is 426 g/mol. The van der Waals surface area contributed by atoms with Crippen molar-refractivity contribution in [2.75, 3.05) is 38.6 Å². The smallest absolute Gasteiger partial charge is 0.119 e. The number of hydrogen-bond donors (Lipinski definition) is 1. The summed E-state index contributed by atoms with van der Waals surface area (Å²) in [6.45, 7) is 13.9. The summed E-state index contributed by atoms with van der Waals surface area (Å²) in [5.41, 5.74) is 5.11. The first-order valence-electron chi connectivity index (χ1n) is 12.4. The zero-order valence-electron chi connectivity index (χ0n) is 20.5. The van der Waals surface area contributed by atoms with E-state index >= 15 is 0 Å². The standard InChI is InChI=1S/C27H43N3O/c1-20(2)13-17-30(18-14-21(3)4)16-8-15-28-27-23-9-6-7-10-25(23)29-26-12-11-22(31-5)19-24(26)27/h11-12,19-21H,6-10,13-18H2,1-5H3,(H,28,29). The molecule has 1 aromatic heterocycles. The fourth-order valence-electron chi connectivity index (χ4n) is 4.46. The summed E-state index contributed by atoms with van der Waals surface area (Å²) in [7, 11) is 1.74. The third kappa shape index (κ3) is 6.83. The Morgan fingerprint density at radius 3 is 2.39 bits per heavy atom. The number of fused-ring (bicyclic) bond motifs is 2. The molecule has 0 bridgehead atoms. The first-order valence-corrected chi connectivity index (χ1v) is 12.4. The van der Waals surface area contributed by atoms with Crippen molar-refractivity contribution in [1.82, 2.24) is 9.88 Å². The maximum atomic E-state index is 5.51. The van der Waals surface area contributed by atoms with Gasteiger partial charge in [-0.05, 0) is 100 Å². The molecule has 31 heavy (non-hydrogen) atoms. The van der Waals surface area contributed by atoms with Crippen molar-refractivity contribution in [1.29, 1.82) is 0 Å². The van der Waals surface area contributed by atoms with Gasteiger partial charge < -0.3 is 15.0 Å². The first-order chi connectivity index (χ1) is 15.0. The van der Waals surface area contributed by atoms with Crippen LogP contribution in [0.1, 0.15) is 71.1 Å². The molecule has 1 N–H and O–H groups in total. The molecule has 1 heterocycles. The molecule has 0 spiro atoms. The van der Waals surface area contributed by atoms with Crippen molar-refractivity contribution in [3.8, 4) is 5.75 Å². The fraction of sp³-hybridized carbons (Fsp3) is 0.667. The van der Waals surface area contributed by atoms with Crippen LogP contribution in [-0.2, 0) is 12.8 Å². The number of anilines is 1. The summed E-state index contributed by atoms with van der Waals surface area (Å²) < 4.78 is 5.51. The molecule has 4 heteroatoms. The molecule has 1 aliphatic rings. The van der Waals surface area contributed by atoms with Gasteiger partial charge in [0, 0.05) is 23.3 Å². The molecule has 0 saturated heterocycles. The van der Waals surface area contributed by atoms with Crippen molar-refractivity contribution in [2.45, 2.75) is 72.6 Å². The molecule has 0 aliphatic heterocycles. The SMILES string of the molecule is COc1ccc2nc3c(c(NCCCN(CCC(C)C)CCC(C)C)c2c1)CCCC3. The van der Waals surface area contributed by atoms with Crippen LogP contribution in [0.3, 0.4) is 0 Å². The van der Waals surface area contributed by atoms with E-state index in [-0.39, 0.29) is 0 Å². The molecular weight excluding hydrogens is 382 g/mol. The van der Waals surface area contributed by atoms with Crippen LogP contribution in [0.25, 0.3) is 10.9 Å². The second kappa shape index (κ2) is 11.7. The lowest BCUT2D eigenvalue weighted by Crippen LogP contribution is -2.30. The van der Waals surface area contributed by atoms with Crippen molar-refractivity contribution in [3.05, 3.63) is 29.5 Å². The highest BCUT2D eigenvalue weighted by atomic mass is 16.5. The summed E-state index contributed by atoms with van der Waals surface area (Å²) in [4.78, 5) is 7.66. The van der Waals surface area contributed by atoms with Gasteiger partial charge in [-0.1, -0.05) is 27.7 Å². The van der Waals surface area contributed by atoms with E-state index in [0.717, 1.165) is 42.5 Å². The molecule has 1 aromatic carbocycles. The number of rotatable bonds is 12. The Morgan fingerprint density at radius 2 is 1.71 bits per heavy atom. The predicted molar refractivity (Wildman–Crippen MR) is 133 cm³/mol. The molecule has 0 saturated carbocycles. The molecule has 0 amide bonds. The lowest BCUT2D eigenvalue weighted by atomic mass is 9.92. The van der Waals surface area contributed by atoms with Gasteiger partial charge in [-0.2, -0.15) is 0 Å². The maximum absolute atomic E-state index is 5.51. The minimum atomic E-state index is 0.768. The van der Waals surface area contributed by atoms with Gasteiger partial charge in [0.05, 0.1) is 12.6 Å². The Morgan fingerprint density at radius 1 is 1.00 bits per heavy atom. The van der Waals surface area contributed by atoms with E-state index in [0.29, 0.717) is 0 Å². The number of benzene rings is 1. The summed E-state index contributed by atoms with van der Waals surface area (Å²) in [5, 5.41) is 5.04. The molecule has 0 unspecified atom stereocenters. The van der Waals surface area contributed by atoms with Crippen LogP contribution in [-0.4, -0.2) is 43.2 Å². The van der Waals surface area contributed by atoms with E-state index in [1.807, 2.05) is 6.07 Å². The quantitative estimate of drug-likeness (QED) is 0.404. The topological polar surface area (TPSA) is 37.4 Å². The molecule has 0 radical (unpaired) electrons. The Kier molecular flexibility index (Phi) is 9.01. The zero-order chi connectivity index (χ0) is 22.2. The lowest BCUT2D eigenvalue weighted by molar-refractivity contribution is 0.243. The third-order valence-electron chi connectivity index (χ3n) is 6.47. The summed E-state index contributed by atoms with van der Waals surface area (Å²) in [6.07, 6.45) is 8.48. The van der Waals surface area contributed by atoms with E-state index in [1.54, 1.807) is 7.11 Å². The van der Waals surface area contributed by atoms with Crippen LogP contribution >= 0.6 is 0 Å². The average Bonchev–Trinajstić information content (AvgIpc) is 2.76. The summed E-state index contributed by atoms with van der Waals surface area (Å²) in [5.74, 6) is 2.44. The van der Waals surface area contributed by atoms with Gasteiger partial charge in [0.2, 0.25) is 0 Å². The minimum absolute atomic E-state index is 0.768. The van der Waals surface area contributed by atoms with Crippen LogP contribution in [0.2, 0.25) is 0 Å². The summed E-state index contributed by atoms with van der Waals surface area (Å²) in [6, 6.07) is 6.28. The van der Waals surface area contributed by atoms with Crippen LogP contribution < -0.4 is 10.1 Å². The number of methoxy groups -OCH3 is 1. The molecule has 4 nitrogen and oxygen atoms in total. The largest absolute Gasteiger partial charge is 0.497 e. The van der Waals surface area contributed by atoms with Gasteiger partial charge >= 0.3 is 0 Å². The summed E-state index contributed by atoms with van der Waals surface area (Å²) >= 11 is 0. The minimum Gasteiger partial charge on any atom is -0.497 e. The van der Waals surface area contributed by atoms with Crippen molar-refractivity contribution >= 4 is 16.6 Å². The Hall–Kier alpha value is -1.81. The predicted octanol–water partition coefficient (Wildman–Crippen LogP) is 6.32. The number of pyridine rings is 1. The van der Waals surface area contributed by atoms with Gasteiger partial charge in [-0.15, -0.1) is 0 Å². The van der Waals surface area contributed by atoms with E-state index in [2.05, 4.69) is 50.0 Å². The second-order valence-corrected chi connectivity index (χ2v) is 9.99. The van der Waals surface area contributed by atoms with E-state index in [1.165, 1.54) is 74.1 Å². The highest BCUT2D eigenvalue weighted by Gasteiger charge is 2.18. The highest BCUT2D eigenvalue weighted by Crippen LogP contribution is 2.35. The molecule has 172 valence electrons. The maximum Gasteiger partial charge on any atom is 0.119 e. The van der Waals surface area contributed by atoms with Crippen molar-refractivity contribution in [2.24, 2.45) is 11.8 Å². The van der Waals surface area contributed by atoms with E-state index in [4.69, 9.17) is 9.72 Å². The Labute approximate surface area is 189 Å². The first kappa shape index (κ1) is 23.8. The van der Waals surface area contributed by atoms with E-state index < -0.39 is 0 Å². The van der Waals surface area contributed by atoms with Crippen LogP contribution in [0.15, 0.2) is 18.2 Å². The zero-order valence-corrected chi connectivity index (χ0v) is 20.5. The fourth-order valence-corrected chi connectivity index (χ4v) is 4.46. The number of hydrogen-bond acceptors (Lipinski definition) is 4. The van der Waals surface area contributed by atoms with Gasteiger partial charge in [-0.3, -0.25) is 4.98 Å². The highest BCUT2D eigenvalue weighted by molar-refractivity contribution is 5.94. The van der Waals surface area contributed by atoms with Gasteiger partial charge in [0.15, 0.2) is 0 Å². The number of nitrogens with zero attached hydrogens (tertiary/aromatic N) is 2. The number of ether oxygens (including phenoxy) is 1. The molecule has 3 rings (SSSR count). The van der Waals surface area contributed by atoms with Crippen molar-refractivity contribution in [3.63, 3.8) is 0 Å². The molecule has 1 aliphatic carbocycles. The Bertz CT molecular complexity index is 819. The monoisotopic (exact) mass is 425 g/mol. The van der Waals surface area contributed by atoms with Gasteiger partial charge in [0.25, 0.3) is 0 Å². The van der Waals surface area contributed by atoms with Gasteiger partial charge in [0.1, 0.15) is 5.75 Å². The molecular formula is C27H43N3O.